The standard InChI is InChI=1S/C22H36N4/c1-18(2)15-25-12-7-8-19(16-25)14-24-22(23-3)26-13-11-21(17-26)20-9-5-4-6-10-20/h4-6,9-10,18-19,21H,7-8,11-17H2,1-3H3,(H,23,24). The molecule has 0 bridgehead atoms. The maximum atomic E-state index is 4.57. The highest BCUT2D eigenvalue weighted by atomic mass is 15.3. The van der Waals surface area contributed by atoms with Gasteiger partial charge in [-0.3, -0.25) is 4.99 Å². The van der Waals surface area contributed by atoms with Crippen molar-refractivity contribution in [3.8, 4) is 0 Å². The number of rotatable bonds is 5. The number of piperidine rings is 1. The van der Waals surface area contributed by atoms with Crippen molar-refractivity contribution < 1.29 is 0 Å². The largest absolute Gasteiger partial charge is 0.356 e. The normalized spacial score (nSPS) is 25.1. The third-order valence-corrected chi connectivity index (χ3v) is 5.75. The second-order valence-corrected chi connectivity index (χ2v) is 8.43. The van der Waals surface area contributed by atoms with E-state index in [-0.39, 0.29) is 0 Å². The van der Waals surface area contributed by atoms with Crippen LogP contribution in [0.2, 0.25) is 0 Å². The van der Waals surface area contributed by atoms with Gasteiger partial charge in [-0.1, -0.05) is 44.2 Å². The Morgan fingerprint density at radius 3 is 2.69 bits per heavy atom. The van der Waals surface area contributed by atoms with Gasteiger partial charge >= 0.3 is 0 Å². The van der Waals surface area contributed by atoms with Gasteiger partial charge in [0.2, 0.25) is 0 Å². The third-order valence-electron chi connectivity index (χ3n) is 5.75. The molecule has 2 fully saturated rings. The monoisotopic (exact) mass is 356 g/mol. The second kappa shape index (κ2) is 9.40. The van der Waals surface area contributed by atoms with Gasteiger partial charge in [-0.05, 0) is 43.2 Å². The predicted octanol–water partition coefficient (Wildman–Crippen LogP) is 3.42. The minimum Gasteiger partial charge on any atom is -0.356 e. The van der Waals surface area contributed by atoms with E-state index >= 15 is 0 Å². The summed E-state index contributed by atoms with van der Waals surface area (Å²) in [5, 5.41) is 3.68. The van der Waals surface area contributed by atoms with Crippen molar-refractivity contribution in [2.24, 2.45) is 16.8 Å². The summed E-state index contributed by atoms with van der Waals surface area (Å²) in [6.07, 6.45) is 3.89. The van der Waals surface area contributed by atoms with E-state index in [1.165, 1.54) is 44.5 Å². The predicted molar refractivity (Wildman–Crippen MR) is 111 cm³/mol. The maximum Gasteiger partial charge on any atom is 0.193 e. The first-order valence-corrected chi connectivity index (χ1v) is 10.4. The van der Waals surface area contributed by atoms with Crippen LogP contribution < -0.4 is 5.32 Å². The maximum absolute atomic E-state index is 4.57. The van der Waals surface area contributed by atoms with Crippen LogP contribution in [0.3, 0.4) is 0 Å². The van der Waals surface area contributed by atoms with Crippen molar-refractivity contribution in [3.63, 3.8) is 0 Å². The Hall–Kier alpha value is -1.55. The highest BCUT2D eigenvalue weighted by Crippen LogP contribution is 2.27. The van der Waals surface area contributed by atoms with E-state index in [0.29, 0.717) is 5.92 Å². The molecule has 2 aliphatic heterocycles. The molecule has 0 radical (unpaired) electrons. The number of hydrogen-bond acceptors (Lipinski definition) is 2. The Balaban J connectivity index is 1.48. The van der Waals surface area contributed by atoms with Crippen LogP contribution >= 0.6 is 0 Å². The summed E-state index contributed by atoms with van der Waals surface area (Å²) in [7, 11) is 1.92. The van der Waals surface area contributed by atoms with Crippen molar-refractivity contribution in [2.45, 2.75) is 39.0 Å². The zero-order valence-electron chi connectivity index (χ0n) is 16.8. The highest BCUT2D eigenvalue weighted by Gasteiger charge is 2.27. The fourth-order valence-electron chi connectivity index (χ4n) is 4.52. The van der Waals surface area contributed by atoms with E-state index in [9.17, 15) is 0 Å². The van der Waals surface area contributed by atoms with Crippen LogP contribution in [0.15, 0.2) is 35.3 Å². The van der Waals surface area contributed by atoms with Gasteiger partial charge in [-0.25, -0.2) is 0 Å². The van der Waals surface area contributed by atoms with Crippen molar-refractivity contribution in [3.05, 3.63) is 35.9 Å². The zero-order valence-corrected chi connectivity index (χ0v) is 16.8. The first-order valence-electron chi connectivity index (χ1n) is 10.4. The molecule has 0 aromatic heterocycles. The molecule has 3 rings (SSSR count). The summed E-state index contributed by atoms with van der Waals surface area (Å²) in [5.41, 5.74) is 1.46. The first-order chi connectivity index (χ1) is 12.7. The van der Waals surface area contributed by atoms with E-state index in [1.54, 1.807) is 0 Å². The zero-order chi connectivity index (χ0) is 18.4. The molecule has 0 aliphatic carbocycles. The quantitative estimate of drug-likeness (QED) is 0.648. The number of guanidine groups is 1. The van der Waals surface area contributed by atoms with Gasteiger partial charge in [0.05, 0.1) is 0 Å². The van der Waals surface area contributed by atoms with E-state index in [1.807, 2.05) is 7.05 Å². The van der Waals surface area contributed by atoms with Crippen molar-refractivity contribution in [2.75, 3.05) is 46.3 Å². The van der Waals surface area contributed by atoms with Crippen LogP contribution in [-0.4, -0.2) is 62.1 Å². The smallest absolute Gasteiger partial charge is 0.193 e. The second-order valence-electron chi connectivity index (χ2n) is 8.43. The summed E-state index contributed by atoms with van der Waals surface area (Å²) in [4.78, 5) is 9.65. The van der Waals surface area contributed by atoms with E-state index in [2.05, 4.69) is 64.3 Å². The lowest BCUT2D eigenvalue weighted by Gasteiger charge is -2.34. The lowest BCUT2D eigenvalue weighted by Crippen LogP contribution is -2.46. The van der Waals surface area contributed by atoms with Crippen molar-refractivity contribution in [1.82, 2.24) is 15.1 Å². The minimum absolute atomic E-state index is 0.631. The molecule has 2 unspecified atom stereocenters. The summed E-state index contributed by atoms with van der Waals surface area (Å²) in [6, 6.07) is 10.9. The van der Waals surface area contributed by atoms with Gasteiger partial charge in [0.1, 0.15) is 0 Å². The van der Waals surface area contributed by atoms with Gasteiger partial charge in [0.15, 0.2) is 5.96 Å². The molecule has 1 aromatic carbocycles. The van der Waals surface area contributed by atoms with E-state index in [0.717, 1.165) is 37.4 Å². The number of likely N-dealkylation sites (tertiary alicyclic amines) is 2. The molecule has 2 heterocycles. The molecule has 1 aromatic rings. The van der Waals surface area contributed by atoms with E-state index < -0.39 is 0 Å². The van der Waals surface area contributed by atoms with Gasteiger partial charge < -0.3 is 15.1 Å². The molecule has 4 heteroatoms. The van der Waals surface area contributed by atoms with Gasteiger partial charge in [0.25, 0.3) is 0 Å². The summed E-state index contributed by atoms with van der Waals surface area (Å²) < 4.78 is 0. The molecule has 0 spiro atoms. The van der Waals surface area contributed by atoms with Crippen LogP contribution in [0.25, 0.3) is 0 Å². The lowest BCUT2D eigenvalue weighted by atomic mass is 9.97. The van der Waals surface area contributed by atoms with Crippen LogP contribution in [0.1, 0.15) is 44.6 Å². The Morgan fingerprint density at radius 2 is 1.96 bits per heavy atom. The lowest BCUT2D eigenvalue weighted by molar-refractivity contribution is 0.159. The molecule has 26 heavy (non-hydrogen) atoms. The molecule has 2 saturated heterocycles. The fourth-order valence-corrected chi connectivity index (χ4v) is 4.52. The average Bonchev–Trinajstić information content (AvgIpc) is 3.13. The molecule has 2 atom stereocenters. The molecule has 4 nitrogen and oxygen atoms in total. The van der Waals surface area contributed by atoms with Crippen molar-refractivity contribution in [1.29, 1.82) is 0 Å². The topological polar surface area (TPSA) is 30.9 Å². The summed E-state index contributed by atoms with van der Waals surface area (Å²) in [6.45, 7) is 11.6. The van der Waals surface area contributed by atoms with Crippen LogP contribution in [0.5, 0.6) is 0 Å². The molecule has 0 saturated carbocycles. The Labute approximate surface area is 159 Å². The summed E-state index contributed by atoms with van der Waals surface area (Å²) in [5.74, 6) is 3.22. The average molecular weight is 357 g/mol. The molecular weight excluding hydrogens is 320 g/mol. The van der Waals surface area contributed by atoms with Crippen molar-refractivity contribution >= 4 is 5.96 Å². The van der Waals surface area contributed by atoms with Gasteiger partial charge in [-0.2, -0.15) is 0 Å². The van der Waals surface area contributed by atoms with Crippen LogP contribution in [0.4, 0.5) is 0 Å². The highest BCUT2D eigenvalue weighted by molar-refractivity contribution is 5.80. The Bertz CT molecular complexity index is 569. The molecule has 2 aliphatic rings. The minimum atomic E-state index is 0.631. The Morgan fingerprint density at radius 1 is 1.15 bits per heavy atom. The molecular formula is C22H36N4. The molecule has 0 amide bonds. The summed E-state index contributed by atoms with van der Waals surface area (Å²) >= 11 is 0. The number of nitrogens with zero attached hydrogens (tertiary/aromatic N) is 3. The van der Waals surface area contributed by atoms with E-state index in [4.69, 9.17) is 0 Å². The number of aliphatic imine (C=N–C) groups is 1. The first kappa shape index (κ1) is 19.2. The Kier molecular flexibility index (Phi) is 6.95. The van der Waals surface area contributed by atoms with Gasteiger partial charge in [0, 0.05) is 45.7 Å². The SMILES string of the molecule is CN=C(NCC1CCCN(CC(C)C)C1)N1CCC(c2ccccc2)C1. The number of hydrogen-bond donors (Lipinski definition) is 1. The third kappa shape index (κ3) is 5.23. The molecule has 144 valence electrons. The van der Waals surface area contributed by atoms with Crippen LogP contribution in [-0.2, 0) is 0 Å². The van der Waals surface area contributed by atoms with Crippen LogP contribution in [0, 0.1) is 11.8 Å². The molecule has 1 N–H and O–H groups in total. The van der Waals surface area contributed by atoms with Gasteiger partial charge in [-0.15, -0.1) is 0 Å². The fraction of sp³-hybridized carbons (Fsp3) is 0.682. The number of nitrogens with one attached hydrogen (secondary N) is 1. The number of benzene rings is 1.